The first-order valence-electron chi connectivity index (χ1n) is 10.6. The van der Waals surface area contributed by atoms with Crippen LogP contribution in [-0.2, 0) is 0 Å². The van der Waals surface area contributed by atoms with E-state index in [9.17, 15) is 14.7 Å². The fourth-order valence-electron chi connectivity index (χ4n) is 4.96. The molecule has 31 heavy (non-hydrogen) atoms. The van der Waals surface area contributed by atoms with Crippen molar-refractivity contribution in [3.05, 3.63) is 63.0 Å². The lowest BCUT2D eigenvalue weighted by molar-refractivity contribution is 0.335. The highest BCUT2D eigenvalue weighted by atomic mass is 16.4. The number of phenolic OH excluding ortho intramolecular Hbond substituents is 1. The van der Waals surface area contributed by atoms with E-state index in [-0.39, 0.29) is 17.2 Å². The Hall–Kier alpha value is -3.74. The number of benzene rings is 2. The first kappa shape index (κ1) is 18.1. The molecule has 7 nitrogen and oxygen atoms in total. The molecule has 0 spiro atoms. The van der Waals surface area contributed by atoms with Crippen molar-refractivity contribution in [2.24, 2.45) is 0 Å². The van der Waals surface area contributed by atoms with Gasteiger partial charge in [0.05, 0.1) is 16.9 Å². The Labute approximate surface area is 175 Å². The number of nitrogens with one attached hydrogen (secondary N) is 2. The number of aromatic amines is 2. The molecule has 3 heterocycles. The highest BCUT2D eigenvalue weighted by Crippen LogP contribution is 2.40. The number of aromatic nitrogens is 3. The number of pyridine rings is 1. The van der Waals surface area contributed by atoms with Gasteiger partial charge in [0.25, 0.3) is 5.56 Å². The molecule has 3 aromatic heterocycles. The quantitative estimate of drug-likeness (QED) is 0.385. The minimum atomic E-state index is -0.498. The van der Waals surface area contributed by atoms with Crippen LogP contribution in [0, 0.1) is 0 Å². The second-order valence-corrected chi connectivity index (χ2v) is 8.29. The minimum Gasteiger partial charge on any atom is -0.502 e. The molecule has 0 bridgehead atoms. The van der Waals surface area contributed by atoms with E-state index in [1.807, 2.05) is 35.0 Å². The maximum Gasteiger partial charge on any atom is 0.274 e. The van der Waals surface area contributed by atoms with Gasteiger partial charge in [0.15, 0.2) is 11.2 Å². The van der Waals surface area contributed by atoms with Gasteiger partial charge in [-0.1, -0.05) is 49.6 Å². The third-order valence-electron chi connectivity index (χ3n) is 6.44. The van der Waals surface area contributed by atoms with Crippen LogP contribution < -0.4 is 11.0 Å². The van der Waals surface area contributed by atoms with Crippen molar-refractivity contribution >= 4 is 33.1 Å². The number of furan rings is 1. The Balaban J connectivity index is 1.80. The fraction of sp³-hybridized carbons (Fsp3) is 0.250. The van der Waals surface area contributed by atoms with Crippen LogP contribution in [0.4, 0.5) is 0 Å². The van der Waals surface area contributed by atoms with Gasteiger partial charge in [-0.05, 0) is 30.5 Å². The van der Waals surface area contributed by atoms with Gasteiger partial charge in [0, 0.05) is 10.9 Å². The Morgan fingerprint density at radius 3 is 2.52 bits per heavy atom. The summed E-state index contributed by atoms with van der Waals surface area (Å²) in [5.41, 5.74) is 2.73. The van der Waals surface area contributed by atoms with Crippen LogP contribution in [0.25, 0.3) is 44.2 Å². The lowest BCUT2D eigenvalue weighted by atomic mass is 9.95. The molecule has 2 aromatic carbocycles. The lowest BCUT2D eigenvalue weighted by Crippen LogP contribution is -2.16. The molecule has 7 heteroatoms. The molecule has 3 N–H and O–H groups in total. The highest BCUT2D eigenvalue weighted by molar-refractivity contribution is 6.15. The molecule has 1 aliphatic carbocycles. The minimum absolute atomic E-state index is 0.129. The lowest BCUT2D eigenvalue weighted by Gasteiger charge is -2.23. The number of nitrogens with zero attached hydrogens (tertiary/aromatic N) is 1. The van der Waals surface area contributed by atoms with E-state index in [2.05, 4.69) is 10.1 Å². The van der Waals surface area contributed by atoms with E-state index >= 15 is 0 Å². The van der Waals surface area contributed by atoms with Gasteiger partial charge in [0.1, 0.15) is 5.65 Å². The van der Waals surface area contributed by atoms with Gasteiger partial charge in [-0.2, -0.15) is 0 Å². The summed E-state index contributed by atoms with van der Waals surface area (Å²) in [5, 5.41) is 14.5. The van der Waals surface area contributed by atoms with Crippen LogP contribution in [0.3, 0.4) is 0 Å². The zero-order chi connectivity index (χ0) is 21.1. The summed E-state index contributed by atoms with van der Waals surface area (Å²) in [6, 6.07) is 12.8. The predicted molar refractivity (Wildman–Crippen MR) is 120 cm³/mol. The Bertz CT molecular complexity index is 1560. The van der Waals surface area contributed by atoms with Gasteiger partial charge in [-0.3, -0.25) is 19.4 Å². The number of fused-ring (bicyclic) bond motifs is 4. The average Bonchev–Trinajstić information content (AvgIpc) is 3.34. The first-order chi connectivity index (χ1) is 15.1. The number of hydrogen-bond acceptors (Lipinski definition) is 4. The van der Waals surface area contributed by atoms with Gasteiger partial charge < -0.3 is 14.5 Å². The van der Waals surface area contributed by atoms with Crippen molar-refractivity contribution < 1.29 is 9.52 Å². The Kier molecular flexibility index (Phi) is 3.86. The molecule has 1 saturated carbocycles. The van der Waals surface area contributed by atoms with Crippen molar-refractivity contribution in [2.45, 2.75) is 38.1 Å². The molecular formula is C24H21N3O4. The second-order valence-electron chi connectivity index (χ2n) is 8.29. The summed E-state index contributed by atoms with van der Waals surface area (Å²) in [5.74, 6) is -0.421. The van der Waals surface area contributed by atoms with Crippen LogP contribution >= 0.6 is 0 Å². The molecule has 1 aliphatic rings. The van der Waals surface area contributed by atoms with Gasteiger partial charge in [0.2, 0.25) is 11.2 Å². The first-order valence-corrected chi connectivity index (χ1v) is 10.6. The molecular weight excluding hydrogens is 394 g/mol. The van der Waals surface area contributed by atoms with Crippen LogP contribution in [0.1, 0.15) is 38.1 Å². The molecule has 0 saturated heterocycles. The van der Waals surface area contributed by atoms with E-state index in [0.29, 0.717) is 33.1 Å². The maximum absolute atomic E-state index is 13.2. The van der Waals surface area contributed by atoms with Gasteiger partial charge in [-0.25, -0.2) is 0 Å². The molecule has 0 radical (unpaired) electrons. The van der Waals surface area contributed by atoms with E-state index < -0.39 is 11.2 Å². The molecule has 0 unspecified atom stereocenters. The molecule has 0 amide bonds. The van der Waals surface area contributed by atoms with E-state index in [1.165, 1.54) is 12.5 Å². The zero-order valence-electron chi connectivity index (χ0n) is 16.8. The number of rotatable bonds is 2. The van der Waals surface area contributed by atoms with Crippen molar-refractivity contribution in [3.8, 4) is 16.9 Å². The van der Waals surface area contributed by atoms with Crippen LogP contribution in [0.2, 0.25) is 0 Å². The summed E-state index contributed by atoms with van der Waals surface area (Å²) in [7, 11) is 0. The van der Waals surface area contributed by atoms with Crippen molar-refractivity contribution in [2.75, 3.05) is 0 Å². The van der Waals surface area contributed by atoms with Crippen LogP contribution in [0.15, 0.2) is 56.5 Å². The molecule has 156 valence electrons. The van der Waals surface area contributed by atoms with Crippen LogP contribution in [0.5, 0.6) is 5.75 Å². The SMILES string of the molecule is O=c1ccc2c(oc3c(-c4ccccc4)c4c(=O)[nH]n(C5CCCCC5)c4[nH]c32)c1O. The zero-order valence-corrected chi connectivity index (χ0v) is 16.8. The summed E-state index contributed by atoms with van der Waals surface area (Å²) in [6.07, 6.45) is 5.51. The van der Waals surface area contributed by atoms with Gasteiger partial charge >= 0.3 is 0 Å². The molecule has 0 aliphatic heterocycles. The van der Waals surface area contributed by atoms with E-state index in [1.54, 1.807) is 6.07 Å². The van der Waals surface area contributed by atoms with Crippen molar-refractivity contribution in [1.29, 1.82) is 0 Å². The smallest absolute Gasteiger partial charge is 0.274 e. The number of hydrogen-bond donors (Lipinski definition) is 3. The largest absolute Gasteiger partial charge is 0.502 e. The van der Waals surface area contributed by atoms with Gasteiger partial charge in [-0.15, -0.1) is 0 Å². The molecule has 6 rings (SSSR count). The third-order valence-corrected chi connectivity index (χ3v) is 6.44. The van der Waals surface area contributed by atoms with Crippen LogP contribution in [-0.4, -0.2) is 19.9 Å². The summed E-state index contributed by atoms with van der Waals surface area (Å²) < 4.78 is 7.99. The van der Waals surface area contributed by atoms with E-state index in [4.69, 9.17) is 4.42 Å². The molecule has 1 fully saturated rings. The Morgan fingerprint density at radius 2 is 1.74 bits per heavy atom. The Morgan fingerprint density at radius 1 is 0.968 bits per heavy atom. The fourth-order valence-corrected chi connectivity index (χ4v) is 4.96. The number of H-pyrrole nitrogens is 2. The highest BCUT2D eigenvalue weighted by Gasteiger charge is 2.26. The second kappa shape index (κ2) is 6.63. The maximum atomic E-state index is 13.2. The van der Waals surface area contributed by atoms with Crippen molar-refractivity contribution in [3.63, 3.8) is 0 Å². The summed E-state index contributed by atoms with van der Waals surface area (Å²) >= 11 is 0. The monoisotopic (exact) mass is 415 g/mol. The summed E-state index contributed by atoms with van der Waals surface area (Å²) in [4.78, 5) is 28.6. The predicted octanol–water partition coefficient (Wildman–Crippen LogP) is 4.80. The number of aromatic hydroxyl groups is 1. The van der Waals surface area contributed by atoms with Crippen molar-refractivity contribution in [1.82, 2.24) is 14.8 Å². The van der Waals surface area contributed by atoms with E-state index in [0.717, 1.165) is 31.2 Å². The summed E-state index contributed by atoms with van der Waals surface area (Å²) in [6.45, 7) is 0. The molecule has 5 aromatic rings. The standard InChI is InChI=1S/C24H21N3O4/c28-16-12-11-15-19-22(31-21(15)20(16)29)17(13-7-3-1-4-8-13)18-23(25-19)27(26-24(18)30)14-9-5-2-6-10-14/h1,3-4,7-8,11-12,14,25,29H,2,5-6,9-10H2,(H,26,30). The average molecular weight is 415 g/mol. The molecule has 0 atom stereocenters. The normalized spacial score (nSPS) is 15.4. The topological polar surface area (TPSA) is 104 Å². The third kappa shape index (κ3) is 2.59. The number of phenols is 1.